The summed E-state index contributed by atoms with van der Waals surface area (Å²) in [5.41, 5.74) is 2.27. The second-order valence-electron chi connectivity index (χ2n) is 7.28. The minimum atomic E-state index is 0.121. The molecule has 3 rings (SSSR count). The molecule has 1 heterocycles. The van der Waals surface area contributed by atoms with E-state index in [-0.39, 0.29) is 5.91 Å². The van der Waals surface area contributed by atoms with Gasteiger partial charge in [-0.3, -0.25) is 14.6 Å². The normalized spacial score (nSPS) is 20.0. The van der Waals surface area contributed by atoms with E-state index >= 15 is 0 Å². The second-order valence-corrected chi connectivity index (χ2v) is 7.28. The molecule has 0 atom stereocenters. The van der Waals surface area contributed by atoms with Gasteiger partial charge in [0.05, 0.1) is 13.2 Å². The molecule has 25 heavy (non-hydrogen) atoms. The molecule has 5 heteroatoms. The Balaban J connectivity index is 1.35. The number of methoxy groups -OCH3 is 1. The quantitative estimate of drug-likeness (QED) is 0.821. The van der Waals surface area contributed by atoms with E-state index in [1.54, 1.807) is 7.11 Å². The van der Waals surface area contributed by atoms with Crippen LogP contribution in [0.1, 0.15) is 36.8 Å². The van der Waals surface area contributed by atoms with Crippen LogP contribution >= 0.6 is 0 Å². The molecule has 1 saturated heterocycles. The zero-order valence-corrected chi connectivity index (χ0v) is 15.4. The first-order valence-electron chi connectivity index (χ1n) is 9.54. The number of piperazine rings is 1. The van der Waals surface area contributed by atoms with Gasteiger partial charge in [0, 0.05) is 45.9 Å². The molecule has 0 radical (unpaired) electrons. The number of ether oxygens (including phenoxy) is 1. The SMILES string of the molecule is COCc1ccc(CNC(=O)CN2CCN(C3CCCC3)CC2)cc1. The van der Waals surface area contributed by atoms with Gasteiger partial charge in [-0.25, -0.2) is 0 Å². The molecule has 138 valence electrons. The maximum absolute atomic E-state index is 12.2. The van der Waals surface area contributed by atoms with Crippen LogP contribution in [0.3, 0.4) is 0 Å². The van der Waals surface area contributed by atoms with E-state index in [1.165, 1.54) is 25.7 Å². The van der Waals surface area contributed by atoms with Gasteiger partial charge in [0.1, 0.15) is 0 Å². The number of hydrogen-bond donors (Lipinski definition) is 1. The Morgan fingerprint density at radius 2 is 1.72 bits per heavy atom. The number of carbonyl (C=O) groups is 1. The first-order valence-corrected chi connectivity index (χ1v) is 9.54. The van der Waals surface area contributed by atoms with E-state index in [0.29, 0.717) is 19.7 Å². The summed E-state index contributed by atoms with van der Waals surface area (Å²) in [5, 5.41) is 3.04. The van der Waals surface area contributed by atoms with E-state index in [1.807, 2.05) is 12.1 Å². The summed E-state index contributed by atoms with van der Waals surface area (Å²) >= 11 is 0. The maximum Gasteiger partial charge on any atom is 0.234 e. The van der Waals surface area contributed by atoms with Crippen molar-refractivity contribution >= 4 is 5.91 Å². The molecule has 5 nitrogen and oxygen atoms in total. The molecule has 1 aliphatic heterocycles. The second kappa shape index (κ2) is 9.32. The summed E-state index contributed by atoms with van der Waals surface area (Å²) in [5.74, 6) is 0.121. The Labute approximate surface area is 151 Å². The highest BCUT2D eigenvalue weighted by molar-refractivity contribution is 5.78. The van der Waals surface area contributed by atoms with E-state index < -0.39 is 0 Å². The van der Waals surface area contributed by atoms with Crippen molar-refractivity contribution < 1.29 is 9.53 Å². The van der Waals surface area contributed by atoms with E-state index in [9.17, 15) is 4.79 Å². The third kappa shape index (κ3) is 5.53. The summed E-state index contributed by atoms with van der Waals surface area (Å²) in [7, 11) is 1.70. The van der Waals surface area contributed by atoms with Crippen molar-refractivity contribution in [2.24, 2.45) is 0 Å². The smallest absolute Gasteiger partial charge is 0.234 e. The van der Waals surface area contributed by atoms with Crippen LogP contribution in [0.25, 0.3) is 0 Å². The summed E-state index contributed by atoms with van der Waals surface area (Å²) in [6.45, 7) is 5.97. The Bertz CT molecular complexity index is 532. The van der Waals surface area contributed by atoms with Gasteiger partial charge in [0.2, 0.25) is 5.91 Å². The monoisotopic (exact) mass is 345 g/mol. The Morgan fingerprint density at radius 1 is 1.08 bits per heavy atom. The fourth-order valence-electron chi connectivity index (χ4n) is 3.94. The molecular weight excluding hydrogens is 314 g/mol. The van der Waals surface area contributed by atoms with Gasteiger partial charge in [-0.05, 0) is 24.0 Å². The number of benzene rings is 1. The van der Waals surface area contributed by atoms with Crippen molar-refractivity contribution in [3.63, 3.8) is 0 Å². The topological polar surface area (TPSA) is 44.8 Å². The van der Waals surface area contributed by atoms with Crippen LogP contribution in [0.15, 0.2) is 24.3 Å². The lowest BCUT2D eigenvalue weighted by atomic mass is 10.1. The molecule has 0 aromatic heterocycles. The molecule has 2 fully saturated rings. The molecular formula is C20H31N3O2. The number of amides is 1. The van der Waals surface area contributed by atoms with Gasteiger partial charge in [-0.1, -0.05) is 37.1 Å². The molecule has 2 aliphatic rings. The molecule has 1 aromatic rings. The molecule has 1 N–H and O–H groups in total. The summed E-state index contributed by atoms with van der Waals surface area (Å²) in [6, 6.07) is 9.00. The van der Waals surface area contributed by atoms with Crippen LogP contribution in [-0.2, 0) is 22.7 Å². The highest BCUT2D eigenvalue weighted by atomic mass is 16.5. The fourth-order valence-corrected chi connectivity index (χ4v) is 3.94. The average Bonchev–Trinajstić information content (AvgIpc) is 3.17. The molecule has 0 unspecified atom stereocenters. The zero-order chi connectivity index (χ0) is 17.5. The van der Waals surface area contributed by atoms with Crippen LogP contribution in [0, 0.1) is 0 Å². The Kier molecular flexibility index (Phi) is 6.84. The molecule has 0 bridgehead atoms. The molecule has 1 aromatic carbocycles. The minimum Gasteiger partial charge on any atom is -0.380 e. The van der Waals surface area contributed by atoms with Gasteiger partial charge in [0.15, 0.2) is 0 Å². The van der Waals surface area contributed by atoms with Crippen molar-refractivity contribution in [2.75, 3.05) is 39.8 Å². The summed E-state index contributed by atoms with van der Waals surface area (Å²) < 4.78 is 5.11. The lowest BCUT2D eigenvalue weighted by molar-refractivity contribution is -0.122. The number of nitrogens with zero attached hydrogens (tertiary/aromatic N) is 2. The van der Waals surface area contributed by atoms with Crippen molar-refractivity contribution in [3.8, 4) is 0 Å². The van der Waals surface area contributed by atoms with Crippen molar-refractivity contribution in [3.05, 3.63) is 35.4 Å². The van der Waals surface area contributed by atoms with Crippen LogP contribution in [0.5, 0.6) is 0 Å². The maximum atomic E-state index is 12.2. The average molecular weight is 345 g/mol. The van der Waals surface area contributed by atoms with Crippen molar-refractivity contribution in [1.82, 2.24) is 15.1 Å². The zero-order valence-electron chi connectivity index (χ0n) is 15.4. The highest BCUT2D eigenvalue weighted by Crippen LogP contribution is 2.24. The minimum absolute atomic E-state index is 0.121. The van der Waals surface area contributed by atoms with Crippen LogP contribution in [-0.4, -0.2) is 61.6 Å². The van der Waals surface area contributed by atoms with E-state index in [2.05, 4.69) is 27.2 Å². The largest absolute Gasteiger partial charge is 0.380 e. The first-order chi connectivity index (χ1) is 12.2. The van der Waals surface area contributed by atoms with Crippen molar-refractivity contribution in [2.45, 2.75) is 44.9 Å². The highest BCUT2D eigenvalue weighted by Gasteiger charge is 2.26. The first kappa shape index (κ1) is 18.4. The molecule has 0 spiro atoms. The molecule has 1 amide bonds. The van der Waals surface area contributed by atoms with Gasteiger partial charge >= 0.3 is 0 Å². The van der Waals surface area contributed by atoms with Crippen molar-refractivity contribution in [1.29, 1.82) is 0 Å². The van der Waals surface area contributed by atoms with Gasteiger partial charge in [-0.15, -0.1) is 0 Å². The third-order valence-electron chi connectivity index (χ3n) is 5.44. The summed E-state index contributed by atoms with van der Waals surface area (Å²) in [6.07, 6.45) is 5.51. The number of nitrogens with one attached hydrogen (secondary N) is 1. The third-order valence-corrected chi connectivity index (χ3v) is 5.44. The fraction of sp³-hybridized carbons (Fsp3) is 0.650. The lowest BCUT2D eigenvalue weighted by Crippen LogP contribution is -2.51. The molecule has 1 aliphatic carbocycles. The van der Waals surface area contributed by atoms with Crippen LogP contribution < -0.4 is 5.32 Å². The summed E-state index contributed by atoms with van der Waals surface area (Å²) in [4.78, 5) is 17.1. The van der Waals surface area contributed by atoms with Crippen LogP contribution in [0.2, 0.25) is 0 Å². The number of carbonyl (C=O) groups excluding carboxylic acids is 1. The predicted molar refractivity (Wildman–Crippen MR) is 99.3 cm³/mol. The number of rotatable bonds is 7. The van der Waals surface area contributed by atoms with Gasteiger partial charge in [0.25, 0.3) is 0 Å². The van der Waals surface area contributed by atoms with E-state index in [4.69, 9.17) is 4.74 Å². The van der Waals surface area contributed by atoms with Gasteiger partial charge in [-0.2, -0.15) is 0 Å². The van der Waals surface area contributed by atoms with Crippen LogP contribution in [0.4, 0.5) is 0 Å². The standard InChI is InChI=1S/C20H31N3O2/c1-25-16-18-8-6-17(7-9-18)14-21-20(24)15-22-10-12-23(13-11-22)19-4-2-3-5-19/h6-9,19H,2-5,10-16H2,1H3,(H,21,24). The number of hydrogen-bond acceptors (Lipinski definition) is 4. The Hall–Kier alpha value is -1.43. The molecule has 1 saturated carbocycles. The Morgan fingerprint density at radius 3 is 2.36 bits per heavy atom. The van der Waals surface area contributed by atoms with E-state index in [0.717, 1.165) is 43.3 Å². The van der Waals surface area contributed by atoms with Gasteiger partial charge < -0.3 is 10.1 Å². The predicted octanol–water partition coefficient (Wildman–Crippen LogP) is 2.01. The lowest BCUT2D eigenvalue weighted by Gasteiger charge is -2.37.